The van der Waals surface area contributed by atoms with Gasteiger partial charge in [0, 0.05) is 13.6 Å². The molecular formula is C15H17BrN2O2S. The van der Waals surface area contributed by atoms with Crippen molar-refractivity contribution in [2.24, 2.45) is 5.73 Å². The van der Waals surface area contributed by atoms with E-state index in [1.165, 1.54) is 0 Å². The van der Waals surface area contributed by atoms with Crippen LogP contribution in [0, 0.1) is 0 Å². The third-order valence-electron chi connectivity index (χ3n) is 3.13. The lowest BCUT2D eigenvalue weighted by Gasteiger charge is -2.21. The molecule has 0 radical (unpaired) electrons. The molecule has 0 spiro atoms. The monoisotopic (exact) mass is 368 g/mol. The van der Waals surface area contributed by atoms with Crippen LogP contribution >= 0.6 is 27.3 Å². The fraction of sp³-hybridized carbons (Fsp3) is 0.267. The van der Waals surface area contributed by atoms with Gasteiger partial charge in [-0.25, -0.2) is 0 Å². The lowest BCUT2D eigenvalue weighted by atomic mass is 10.1. The van der Waals surface area contributed by atoms with Crippen molar-refractivity contribution < 1.29 is 9.90 Å². The number of hydrogen-bond acceptors (Lipinski definition) is 4. The average molecular weight is 369 g/mol. The second-order valence-corrected chi connectivity index (χ2v) is 7.22. The number of hydrogen-bond donors (Lipinski definition) is 2. The lowest BCUT2D eigenvalue weighted by molar-refractivity contribution is -0.131. The summed E-state index contributed by atoms with van der Waals surface area (Å²) in [4.78, 5) is 13.9. The highest BCUT2D eigenvalue weighted by Crippen LogP contribution is 2.21. The van der Waals surface area contributed by atoms with E-state index in [2.05, 4.69) is 15.9 Å². The summed E-state index contributed by atoms with van der Waals surface area (Å²) < 4.78 is 1.05. The zero-order valence-electron chi connectivity index (χ0n) is 11.6. The highest BCUT2D eigenvalue weighted by Gasteiger charge is 2.19. The standard InChI is InChI=1S/C15H17BrN2O2S/c1-18(8-11-7-14(16)21-9-11)15(20)13(17)6-10-2-4-12(19)5-3-10/h2-5,7,9,13,19H,6,8,17H2,1H3/t13-/m1/s1. The molecule has 2 rings (SSSR count). The minimum atomic E-state index is -0.582. The number of aromatic hydroxyl groups is 1. The fourth-order valence-electron chi connectivity index (χ4n) is 2.04. The van der Waals surface area contributed by atoms with Gasteiger partial charge < -0.3 is 15.7 Å². The Hall–Kier alpha value is -1.37. The highest BCUT2D eigenvalue weighted by atomic mass is 79.9. The summed E-state index contributed by atoms with van der Waals surface area (Å²) in [6, 6.07) is 8.16. The second kappa shape index (κ2) is 7.06. The molecule has 2 aromatic rings. The minimum Gasteiger partial charge on any atom is -0.508 e. The maximum absolute atomic E-state index is 12.3. The van der Waals surface area contributed by atoms with E-state index in [0.717, 1.165) is 14.9 Å². The van der Waals surface area contributed by atoms with E-state index in [9.17, 15) is 9.90 Å². The van der Waals surface area contributed by atoms with Crippen molar-refractivity contribution >= 4 is 33.2 Å². The molecule has 0 aliphatic heterocycles. The Labute approximate surface area is 136 Å². The largest absolute Gasteiger partial charge is 0.508 e. The number of amides is 1. The minimum absolute atomic E-state index is 0.0922. The van der Waals surface area contributed by atoms with Crippen molar-refractivity contribution in [2.45, 2.75) is 19.0 Å². The Morgan fingerprint density at radius 1 is 1.38 bits per heavy atom. The number of benzene rings is 1. The van der Waals surface area contributed by atoms with Crippen LogP contribution in [0.1, 0.15) is 11.1 Å². The van der Waals surface area contributed by atoms with E-state index in [4.69, 9.17) is 5.73 Å². The van der Waals surface area contributed by atoms with E-state index in [1.54, 1.807) is 47.5 Å². The third-order valence-corrected chi connectivity index (χ3v) is 4.68. The summed E-state index contributed by atoms with van der Waals surface area (Å²) >= 11 is 5.00. The SMILES string of the molecule is CN(Cc1csc(Br)c1)C(=O)[C@H](N)Cc1ccc(O)cc1. The van der Waals surface area contributed by atoms with Crippen LogP contribution in [-0.4, -0.2) is 29.0 Å². The van der Waals surface area contributed by atoms with Crippen LogP contribution in [0.4, 0.5) is 0 Å². The highest BCUT2D eigenvalue weighted by molar-refractivity contribution is 9.11. The van der Waals surface area contributed by atoms with Gasteiger partial charge in [0.15, 0.2) is 0 Å². The summed E-state index contributed by atoms with van der Waals surface area (Å²) in [6.45, 7) is 0.546. The molecule has 0 bridgehead atoms. The zero-order chi connectivity index (χ0) is 15.4. The van der Waals surface area contributed by atoms with Gasteiger partial charge >= 0.3 is 0 Å². The molecule has 1 heterocycles. The molecule has 21 heavy (non-hydrogen) atoms. The fourth-order valence-corrected chi connectivity index (χ4v) is 3.24. The van der Waals surface area contributed by atoms with Crippen molar-refractivity contribution in [3.63, 3.8) is 0 Å². The van der Waals surface area contributed by atoms with Crippen molar-refractivity contribution in [3.8, 4) is 5.75 Å². The van der Waals surface area contributed by atoms with Crippen LogP contribution in [0.2, 0.25) is 0 Å². The molecule has 112 valence electrons. The first-order valence-electron chi connectivity index (χ1n) is 6.47. The molecule has 0 aliphatic rings. The molecule has 3 N–H and O–H groups in total. The molecule has 0 unspecified atom stereocenters. The quantitative estimate of drug-likeness (QED) is 0.852. The first kappa shape index (κ1) is 16.0. The van der Waals surface area contributed by atoms with Crippen molar-refractivity contribution in [2.75, 3.05) is 7.05 Å². The number of thiophene rings is 1. The Balaban J connectivity index is 1.93. The van der Waals surface area contributed by atoms with Crippen LogP contribution < -0.4 is 5.73 Å². The van der Waals surface area contributed by atoms with E-state index >= 15 is 0 Å². The molecule has 1 atom stereocenters. The topological polar surface area (TPSA) is 66.6 Å². The number of halogens is 1. The van der Waals surface area contributed by atoms with Gasteiger partial charge in [0.2, 0.25) is 5.91 Å². The zero-order valence-corrected chi connectivity index (χ0v) is 14.0. The molecular weight excluding hydrogens is 352 g/mol. The lowest BCUT2D eigenvalue weighted by Crippen LogP contribution is -2.42. The predicted molar refractivity (Wildman–Crippen MR) is 88.3 cm³/mol. The Bertz CT molecular complexity index is 612. The molecule has 0 saturated heterocycles. The number of nitrogens with two attached hydrogens (primary N) is 1. The summed E-state index contributed by atoms with van der Waals surface area (Å²) in [5, 5.41) is 11.3. The summed E-state index contributed by atoms with van der Waals surface area (Å²) in [5.41, 5.74) is 8.00. The molecule has 1 amide bonds. The Morgan fingerprint density at radius 2 is 2.05 bits per heavy atom. The maximum Gasteiger partial charge on any atom is 0.239 e. The van der Waals surface area contributed by atoms with Gasteiger partial charge in [0.1, 0.15) is 5.75 Å². The van der Waals surface area contributed by atoms with Gasteiger partial charge in [0.05, 0.1) is 9.83 Å². The number of nitrogens with zero attached hydrogens (tertiary/aromatic N) is 1. The van der Waals surface area contributed by atoms with E-state index < -0.39 is 6.04 Å². The van der Waals surface area contributed by atoms with Crippen LogP contribution in [0.3, 0.4) is 0 Å². The van der Waals surface area contributed by atoms with Crippen LogP contribution in [0.25, 0.3) is 0 Å². The van der Waals surface area contributed by atoms with E-state index in [0.29, 0.717) is 13.0 Å². The number of likely N-dealkylation sites (N-methyl/N-ethyl adjacent to an activating group) is 1. The van der Waals surface area contributed by atoms with Crippen LogP contribution in [0.5, 0.6) is 5.75 Å². The van der Waals surface area contributed by atoms with Gasteiger partial charge in [-0.05, 0) is 57.1 Å². The van der Waals surface area contributed by atoms with Gasteiger partial charge in [-0.2, -0.15) is 0 Å². The molecule has 0 fully saturated rings. The molecule has 4 nitrogen and oxygen atoms in total. The summed E-state index contributed by atoms with van der Waals surface area (Å²) in [6.07, 6.45) is 0.455. The Morgan fingerprint density at radius 3 is 2.62 bits per heavy atom. The van der Waals surface area contributed by atoms with Crippen LogP contribution in [-0.2, 0) is 17.8 Å². The third kappa shape index (κ3) is 4.56. The van der Waals surface area contributed by atoms with E-state index in [-0.39, 0.29) is 11.7 Å². The summed E-state index contributed by atoms with van der Waals surface area (Å²) in [5.74, 6) is 0.115. The maximum atomic E-state index is 12.3. The normalized spacial score (nSPS) is 12.1. The summed E-state index contributed by atoms with van der Waals surface area (Å²) in [7, 11) is 1.75. The van der Waals surface area contributed by atoms with Gasteiger partial charge in [-0.15, -0.1) is 11.3 Å². The molecule has 1 aromatic heterocycles. The number of carbonyl (C=O) groups is 1. The smallest absolute Gasteiger partial charge is 0.239 e. The molecule has 0 aliphatic carbocycles. The van der Waals surface area contributed by atoms with Crippen molar-refractivity contribution in [3.05, 3.63) is 50.6 Å². The average Bonchev–Trinajstić information content (AvgIpc) is 2.85. The van der Waals surface area contributed by atoms with Crippen molar-refractivity contribution in [1.29, 1.82) is 0 Å². The van der Waals surface area contributed by atoms with E-state index in [1.807, 2.05) is 11.4 Å². The molecule has 1 aromatic carbocycles. The molecule has 6 heteroatoms. The number of rotatable bonds is 5. The first-order chi connectivity index (χ1) is 9.95. The number of carbonyl (C=O) groups excluding carboxylic acids is 1. The van der Waals surface area contributed by atoms with Crippen molar-refractivity contribution in [1.82, 2.24) is 4.90 Å². The van der Waals surface area contributed by atoms with Gasteiger partial charge in [-0.1, -0.05) is 12.1 Å². The first-order valence-corrected chi connectivity index (χ1v) is 8.14. The number of phenolic OH excluding ortho intramolecular Hbond substituents is 1. The van der Waals surface area contributed by atoms with Gasteiger partial charge in [0.25, 0.3) is 0 Å². The predicted octanol–water partition coefficient (Wildman–Crippen LogP) is 2.74. The second-order valence-electron chi connectivity index (χ2n) is 4.93. The number of phenols is 1. The Kier molecular flexibility index (Phi) is 5.39. The molecule has 0 saturated carbocycles. The van der Waals surface area contributed by atoms with Crippen LogP contribution in [0.15, 0.2) is 39.5 Å². The van der Waals surface area contributed by atoms with Gasteiger partial charge in [-0.3, -0.25) is 4.79 Å².